The Bertz CT molecular complexity index is 245. The van der Waals surface area contributed by atoms with Gasteiger partial charge in [-0.05, 0) is 26.3 Å². The predicted molar refractivity (Wildman–Crippen MR) is 50.0 cm³/mol. The standard InChI is InChI=1S/C10H14O2/c1-4-5-6-7-8(2)9(3)10(11)12/h4-7H,1-3H3,(H,11,12)/b5-4+,7-6+,9-8+. The predicted octanol–water partition coefficient (Wildman–Crippen LogP) is 2.54. The lowest BCUT2D eigenvalue weighted by molar-refractivity contribution is -0.132. The van der Waals surface area contributed by atoms with Gasteiger partial charge >= 0.3 is 5.97 Å². The van der Waals surface area contributed by atoms with Crippen molar-refractivity contribution in [3.63, 3.8) is 0 Å². The lowest BCUT2D eigenvalue weighted by Gasteiger charge is -1.95. The Morgan fingerprint density at radius 2 is 1.83 bits per heavy atom. The molecule has 0 radical (unpaired) electrons. The molecular weight excluding hydrogens is 152 g/mol. The summed E-state index contributed by atoms with van der Waals surface area (Å²) in [6.45, 7) is 5.29. The molecule has 1 N–H and O–H groups in total. The number of hydrogen-bond donors (Lipinski definition) is 1. The Labute approximate surface area is 72.9 Å². The van der Waals surface area contributed by atoms with Crippen LogP contribution in [0.15, 0.2) is 35.5 Å². The molecule has 0 saturated carbocycles. The summed E-state index contributed by atoms with van der Waals surface area (Å²) >= 11 is 0. The summed E-state index contributed by atoms with van der Waals surface area (Å²) in [5.74, 6) is -0.863. The van der Waals surface area contributed by atoms with E-state index in [2.05, 4.69) is 0 Å². The van der Waals surface area contributed by atoms with Gasteiger partial charge in [0.15, 0.2) is 0 Å². The van der Waals surface area contributed by atoms with Crippen molar-refractivity contribution in [2.75, 3.05) is 0 Å². The molecule has 0 bridgehead atoms. The molecule has 0 aromatic heterocycles. The molecule has 0 amide bonds. The first-order valence-electron chi connectivity index (χ1n) is 3.79. The van der Waals surface area contributed by atoms with Gasteiger partial charge in [-0.2, -0.15) is 0 Å². The van der Waals surface area contributed by atoms with E-state index in [1.807, 2.05) is 25.2 Å². The summed E-state index contributed by atoms with van der Waals surface area (Å²) in [7, 11) is 0. The lowest BCUT2D eigenvalue weighted by atomic mass is 10.1. The fourth-order valence-electron chi connectivity index (χ4n) is 0.605. The van der Waals surface area contributed by atoms with E-state index in [0.717, 1.165) is 5.57 Å². The van der Waals surface area contributed by atoms with E-state index >= 15 is 0 Å². The van der Waals surface area contributed by atoms with Gasteiger partial charge in [0.25, 0.3) is 0 Å². The third-order valence-electron chi connectivity index (χ3n) is 1.56. The van der Waals surface area contributed by atoms with Crippen LogP contribution in [0.2, 0.25) is 0 Å². The molecule has 0 atom stereocenters. The van der Waals surface area contributed by atoms with Crippen molar-refractivity contribution in [3.8, 4) is 0 Å². The maximum absolute atomic E-state index is 10.5. The number of aliphatic carboxylic acids is 1. The third kappa shape index (κ3) is 3.76. The van der Waals surface area contributed by atoms with Crippen LogP contribution >= 0.6 is 0 Å². The first-order valence-corrected chi connectivity index (χ1v) is 3.79. The number of allylic oxidation sites excluding steroid dienone is 5. The second-order valence-electron chi connectivity index (χ2n) is 2.50. The average Bonchev–Trinajstić information content (AvgIpc) is 2.03. The first-order chi connectivity index (χ1) is 5.59. The molecule has 2 nitrogen and oxygen atoms in total. The van der Waals surface area contributed by atoms with Crippen molar-refractivity contribution >= 4 is 5.97 Å². The summed E-state index contributed by atoms with van der Waals surface area (Å²) < 4.78 is 0. The van der Waals surface area contributed by atoms with Gasteiger partial charge in [-0.3, -0.25) is 0 Å². The molecule has 0 saturated heterocycles. The van der Waals surface area contributed by atoms with Crippen molar-refractivity contribution in [1.29, 1.82) is 0 Å². The van der Waals surface area contributed by atoms with Gasteiger partial charge in [0.05, 0.1) is 0 Å². The smallest absolute Gasteiger partial charge is 0.331 e. The summed E-state index contributed by atoms with van der Waals surface area (Å²) in [5.41, 5.74) is 1.16. The number of carboxylic acid groups (broad SMARTS) is 1. The quantitative estimate of drug-likeness (QED) is 0.516. The summed E-state index contributed by atoms with van der Waals surface area (Å²) in [4.78, 5) is 10.5. The molecular formula is C10H14O2. The maximum Gasteiger partial charge on any atom is 0.331 e. The third-order valence-corrected chi connectivity index (χ3v) is 1.56. The Morgan fingerprint density at radius 3 is 2.25 bits per heavy atom. The van der Waals surface area contributed by atoms with E-state index < -0.39 is 5.97 Å². The van der Waals surface area contributed by atoms with Crippen molar-refractivity contribution < 1.29 is 9.90 Å². The van der Waals surface area contributed by atoms with Crippen molar-refractivity contribution in [3.05, 3.63) is 35.5 Å². The van der Waals surface area contributed by atoms with Crippen molar-refractivity contribution in [2.45, 2.75) is 20.8 Å². The van der Waals surface area contributed by atoms with Crippen LogP contribution in [-0.2, 0) is 4.79 Å². The van der Waals surface area contributed by atoms with E-state index in [9.17, 15) is 4.79 Å². The van der Waals surface area contributed by atoms with Crippen LogP contribution in [0.25, 0.3) is 0 Å². The monoisotopic (exact) mass is 166 g/mol. The Balaban J connectivity index is 4.47. The number of rotatable bonds is 3. The molecule has 0 aliphatic rings. The van der Waals surface area contributed by atoms with Gasteiger partial charge in [0, 0.05) is 5.57 Å². The minimum atomic E-state index is -0.863. The van der Waals surface area contributed by atoms with Crippen LogP contribution in [0, 0.1) is 0 Å². The van der Waals surface area contributed by atoms with Gasteiger partial charge in [-0.15, -0.1) is 0 Å². The van der Waals surface area contributed by atoms with Gasteiger partial charge in [0.2, 0.25) is 0 Å². The van der Waals surface area contributed by atoms with Crippen LogP contribution < -0.4 is 0 Å². The molecule has 0 heterocycles. The number of hydrogen-bond acceptors (Lipinski definition) is 1. The molecule has 0 fully saturated rings. The average molecular weight is 166 g/mol. The number of carboxylic acids is 1. The second kappa shape index (κ2) is 5.35. The molecule has 0 aromatic carbocycles. The minimum absolute atomic E-state index is 0.385. The normalized spacial score (nSPS) is 13.9. The molecule has 2 heteroatoms. The largest absolute Gasteiger partial charge is 0.478 e. The number of carbonyl (C=O) groups is 1. The summed E-state index contributed by atoms with van der Waals surface area (Å²) in [6.07, 6.45) is 7.35. The zero-order chi connectivity index (χ0) is 9.56. The van der Waals surface area contributed by atoms with E-state index in [4.69, 9.17) is 5.11 Å². The fraction of sp³-hybridized carbons (Fsp3) is 0.300. The van der Waals surface area contributed by atoms with Crippen molar-refractivity contribution in [2.24, 2.45) is 0 Å². The van der Waals surface area contributed by atoms with Crippen LogP contribution in [0.5, 0.6) is 0 Å². The highest BCUT2D eigenvalue weighted by molar-refractivity contribution is 5.87. The molecule has 66 valence electrons. The summed E-state index contributed by atoms with van der Waals surface area (Å²) in [6, 6.07) is 0. The molecule has 0 aromatic rings. The molecule has 0 aliphatic carbocycles. The van der Waals surface area contributed by atoms with Crippen LogP contribution in [0.3, 0.4) is 0 Å². The highest BCUT2D eigenvalue weighted by atomic mass is 16.4. The second-order valence-corrected chi connectivity index (χ2v) is 2.50. The van der Waals surface area contributed by atoms with Gasteiger partial charge in [-0.1, -0.05) is 24.3 Å². The maximum atomic E-state index is 10.5. The van der Waals surface area contributed by atoms with E-state index in [-0.39, 0.29) is 0 Å². The molecule has 0 spiro atoms. The van der Waals surface area contributed by atoms with Gasteiger partial charge in [-0.25, -0.2) is 4.79 Å². The molecule has 0 unspecified atom stereocenters. The first kappa shape index (κ1) is 10.7. The highest BCUT2D eigenvalue weighted by Gasteiger charge is 2.01. The summed E-state index contributed by atoms with van der Waals surface area (Å²) in [5, 5.41) is 8.60. The van der Waals surface area contributed by atoms with Gasteiger partial charge < -0.3 is 5.11 Å². The molecule has 0 aliphatic heterocycles. The van der Waals surface area contributed by atoms with Crippen LogP contribution in [-0.4, -0.2) is 11.1 Å². The van der Waals surface area contributed by atoms with E-state index in [1.54, 1.807) is 19.9 Å². The minimum Gasteiger partial charge on any atom is -0.478 e. The zero-order valence-electron chi connectivity index (χ0n) is 7.66. The lowest BCUT2D eigenvalue weighted by Crippen LogP contribution is -1.97. The topological polar surface area (TPSA) is 37.3 Å². The Kier molecular flexibility index (Phi) is 4.77. The van der Waals surface area contributed by atoms with E-state index in [0.29, 0.717) is 5.57 Å². The van der Waals surface area contributed by atoms with Gasteiger partial charge in [0.1, 0.15) is 0 Å². The molecule has 0 rings (SSSR count). The SMILES string of the molecule is C/C=C/C=C/C(C)=C(\C)C(=O)O. The van der Waals surface area contributed by atoms with E-state index in [1.165, 1.54) is 0 Å². The highest BCUT2D eigenvalue weighted by Crippen LogP contribution is 2.04. The van der Waals surface area contributed by atoms with Crippen molar-refractivity contribution in [1.82, 2.24) is 0 Å². The Morgan fingerprint density at radius 1 is 1.25 bits per heavy atom. The Hall–Kier alpha value is -1.31. The van der Waals surface area contributed by atoms with Crippen LogP contribution in [0.4, 0.5) is 0 Å². The zero-order valence-corrected chi connectivity index (χ0v) is 7.66. The molecule has 12 heavy (non-hydrogen) atoms. The fourth-order valence-corrected chi connectivity index (χ4v) is 0.605. The van der Waals surface area contributed by atoms with Crippen LogP contribution in [0.1, 0.15) is 20.8 Å².